The summed E-state index contributed by atoms with van der Waals surface area (Å²) >= 11 is 1.87. The van der Waals surface area contributed by atoms with Gasteiger partial charge < -0.3 is 5.32 Å². The number of hydrogen-bond acceptors (Lipinski definition) is 3. The number of aryl methyl sites for hydroxylation is 2. The third kappa shape index (κ3) is 2.40. The van der Waals surface area contributed by atoms with E-state index < -0.39 is 0 Å². The van der Waals surface area contributed by atoms with Crippen molar-refractivity contribution in [2.45, 2.75) is 45.6 Å². The van der Waals surface area contributed by atoms with Crippen LogP contribution in [0.3, 0.4) is 0 Å². The second-order valence-electron chi connectivity index (χ2n) is 4.54. The summed E-state index contributed by atoms with van der Waals surface area (Å²) in [5.41, 5.74) is 1.22. The van der Waals surface area contributed by atoms with Crippen molar-refractivity contribution in [1.29, 1.82) is 0 Å². The summed E-state index contributed by atoms with van der Waals surface area (Å²) < 4.78 is 0. The molecule has 0 saturated heterocycles. The van der Waals surface area contributed by atoms with E-state index in [1.54, 1.807) is 0 Å². The number of aromatic nitrogens is 1. The molecule has 1 aromatic rings. The first-order valence-corrected chi connectivity index (χ1v) is 6.62. The van der Waals surface area contributed by atoms with E-state index in [4.69, 9.17) is 0 Å². The second kappa shape index (κ2) is 4.62. The van der Waals surface area contributed by atoms with Gasteiger partial charge in [-0.25, -0.2) is 4.98 Å². The Hall–Kier alpha value is -0.410. The van der Waals surface area contributed by atoms with Crippen LogP contribution in [0.15, 0.2) is 0 Å². The zero-order chi connectivity index (χ0) is 10.8. The fourth-order valence-corrected chi connectivity index (χ4v) is 3.54. The molecule has 1 N–H and O–H groups in total. The minimum Gasteiger partial charge on any atom is -0.317 e. The van der Waals surface area contributed by atoms with Crippen LogP contribution in [0.2, 0.25) is 0 Å². The lowest BCUT2D eigenvalue weighted by molar-refractivity contribution is 0.423. The lowest BCUT2D eigenvalue weighted by Gasteiger charge is -2.17. The van der Waals surface area contributed by atoms with Gasteiger partial charge in [-0.3, -0.25) is 0 Å². The molecule has 84 valence electrons. The highest BCUT2D eigenvalue weighted by atomic mass is 32.1. The number of hydrogen-bond donors (Lipinski definition) is 1. The van der Waals surface area contributed by atoms with Crippen LogP contribution in [-0.2, 0) is 6.42 Å². The van der Waals surface area contributed by atoms with Crippen molar-refractivity contribution in [3.63, 3.8) is 0 Å². The number of rotatable bonds is 3. The molecule has 1 heterocycles. The van der Waals surface area contributed by atoms with Crippen LogP contribution in [0, 0.1) is 19.8 Å². The molecule has 2 atom stereocenters. The van der Waals surface area contributed by atoms with Gasteiger partial charge in [0.25, 0.3) is 0 Å². The van der Waals surface area contributed by atoms with Gasteiger partial charge in [-0.15, -0.1) is 11.3 Å². The molecule has 2 rings (SSSR count). The highest BCUT2D eigenvalue weighted by Crippen LogP contribution is 2.30. The van der Waals surface area contributed by atoms with Crippen LogP contribution < -0.4 is 5.32 Å². The van der Waals surface area contributed by atoms with Gasteiger partial charge in [0.05, 0.1) is 10.7 Å². The van der Waals surface area contributed by atoms with E-state index in [0.29, 0.717) is 0 Å². The average molecular weight is 224 g/mol. The Morgan fingerprint density at radius 2 is 2.20 bits per heavy atom. The molecule has 1 saturated carbocycles. The van der Waals surface area contributed by atoms with Crippen molar-refractivity contribution in [2.24, 2.45) is 5.92 Å². The Kier molecular flexibility index (Phi) is 3.42. The Bertz CT molecular complexity index is 313. The standard InChI is InChI=1S/C12H20N2S/c1-8-9(2)15-12(14-8)7-10-5-4-6-11(10)13-3/h10-11,13H,4-7H2,1-3H3. The summed E-state index contributed by atoms with van der Waals surface area (Å²) in [6.07, 6.45) is 5.25. The summed E-state index contributed by atoms with van der Waals surface area (Å²) in [7, 11) is 2.08. The monoisotopic (exact) mass is 224 g/mol. The predicted molar refractivity (Wildman–Crippen MR) is 65.5 cm³/mol. The van der Waals surface area contributed by atoms with E-state index in [1.807, 2.05) is 11.3 Å². The molecule has 3 heteroatoms. The molecule has 2 unspecified atom stereocenters. The second-order valence-corrected chi connectivity index (χ2v) is 5.83. The van der Waals surface area contributed by atoms with Crippen molar-refractivity contribution < 1.29 is 0 Å². The van der Waals surface area contributed by atoms with E-state index in [1.165, 1.54) is 41.3 Å². The topological polar surface area (TPSA) is 24.9 Å². The summed E-state index contributed by atoms with van der Waals surface area (Å²) in [5.74, 6) is 0.806. The maximum atomic E-state index is 4.63. The number of nitrogens with zero attached hydrogens (tertiary/aromatic N) is 1. The molecule has 2 nitrogen and oxygen atoms in total. The van der Waals surface area contributed by atoms with E-state index in [9.17, 15) is 0 Å². The summed E-state index contributed by atoms with van der Waals surface area (Å²) in [6, 6.07) is 0.717. The van der Waals surface area contributed by atoms with Crippen molar-refractivity contribution in [1.82, 2.24) is 10.3 Å². The zero-order valence-electron chi connectivity index (χ0n) is 9.84. The number of thiazole rings is 1. The zero-order valence-corrected chi connectivity index (χ0v) is 10.7. The normalized spacial score (nSPS) is 26.1. The molecule has 1 aliphatic rings. The first-order valence-electron chi connectivity index (χ1n) is 5.81. The van der Waals surface area contributed by atoms with Crippen LogP contribution in [0.5, 0.6) is 0 Å². The Morgan fingerprint density at radius 3 is 2.80 bits per heavy atom. The molecule has 1 aromatic heterocycles. The smallest absolute Gasteiger partial charge is 0.0934 e. The van der Waals surface area contributed by atoms with Gasteiger partial charge in [-0.2, -0.15) is 0 Å². The number of nitrogens with one attached hydrogen (secondary N) is 1. The SMILES string of the molecule is CNC1CCCC1Cc1nc(C)c(C)s1. The predicted octanol–water partition coefficient (Wildman–Crippen LogP) is 2.69. The fourth-order valence-electron chi connectivity index (χ4n) is 2.51. The van der Waals surface area contributed by atoms with Gasteiger partial charge in [0.1, 0.15) is 0 Å². The van der Waals surface area contributed by atoms with Crippen LogP contribution in [-0.4, -0.2) is 18.1 Å². The Balaban J connectivity index is 2.02. The van der Waals surface area contributed by atoms with E-state index >= 15 is 0 Å². The fraction of sp³-hybridized carbons (Fsp3) is 0.750. The first-order chi connectivity index (χ1) is 7.20. The molecule has 0 aliphatic heterocycles. The Labute approximate surface area is 96.1 Å². The molecular weight excluding hydrogens is 204 g/mol. The summed E-state index contributed by atoms with van der Waals surface area (Å²) in [4.78, 5) is 6.01. The van der Waals surface area contributed by atoms with Crippen LogP contribution >= 0.6 is 11.3 Å². The molecule has 0 spiro atoms. The average Bonchev–Trinajstić information content (AvgIpc) is 2.75. The van der Waals surface area contributed by atoms with Crippen LogP contribution in [0.25, 0.3) is 0 Å². The molecule has 1 fully saturated rings. The third-order valence-corrected chi connectivity index (χ3v) is 4.63. The van der Waals surface area contributed by atoms with Gasteiger partial charge in [0, 0.05) is 17.3 Å². The quantitative estimate of drug-likeness (QED) is 0.854. The molecule has 0 amide bonds. The minimum atomic E-state index is 0.717. The van der Waals surface area contributed by atoms with Gasteiger partial charge in [-0.1, -0.05) is 6.42 Å². The van der Waals surface area contributed by atoms with Crippen molar-refractivity contribution in [3.8, 4) is 0 Å². The van der Waals surface area contributed by atoms with Gasteiger partial charge in [0.2, 0.25) is 0 Å². The molecule has 1 aliphatic carbocycles. The minimum absolute atomic E-state index is 0.717. The van der Waals surface area contributed by atoms with Crippen molar-refractivity contribution in [2.75, 3.05) is 7.05 Å². The van der Waals surface area contributed by atoms with Crippen molar-refractivity contribution in [3.05, 3.63) is 15.6 Å². The third-order valence-electron chi connectivity index (χ3n) is 3.54. The largest absolute Gasteiger partial charge is 0.317 e. The molecular formula is C12H20N2S. The lowest BCUT2D eigenvalue weighted by atomic mass is 10.0. The van der Waals surface area contributed by atoms with Crippen LogP contribution in [0.4, 0.5) is 0 Å². The molecule has 15 heavy (non-hydrogen) atoms. The maximum Gasteiger partial charge on any atom is 0.0934 e. The first kappa shape index (κ1) is 11.1. The highest BCUT2D eigenvalue weighted by molar-refractivity contribution is 7.11. The summed E-state index contributed by atoms with van der Waals surface area (Å²) in [5, 5.41) is 4.76. The van der Waals surface area contributed by atoms with Gasteiger partial charge >= 0.3 is 0 Å². The summed E-state index contributed by atoms with van der Waals surface area (Å²) in [6.45, 7) is 4.28. The van der Waals surface area contributed by atoms with E-state index in [2.05, 4.69) is 31.2 Å². The van der Waals surface area contributed by atoms with Crippen LogP contribution in [0.1, 0.15) is 34.8 Å². The maximum absolute atomic E-state index is 4.63. The van der Waals surface area contributed by atoms with Gasteiger partial charge in [-0.05, 0) is 39.7 Å². The van der Waals surface area contributed by atoms with E-state index in [-0.39, 0.29) is 0 Å². The van der Waals surface area contributed by atoms with Crippen molar-refractivity contribution >= 4 is 11.3 Å². The molecule has 0 bridgehead atoms. The molecule has 0 aromatic carbocycles. The Morgan fingerprint density at radius 1 is 1.40 bits per heavy atom. The highest BCUT2D eigenvalue weighted by Gasteiger charge is 2.26. The van der Waals surface area contributed by atoms with E-state index in [0.717, 1.165) is 12.0 Å². The van der Waals surface area contributed by atoms with Gasteiger partial charge in [0.15, 0.2) is 0 Å². The lowest BCUT2D eigenvalue weighted by Crippen LogP contribution is -2.29. The molecule has 0 radical (unpaired) electrons.